The van der Waals surface area contributed by atoms with Gasteiger partial charge in [0.1, 0.15) is 11.9 Å². The number of esters is 1. The van der Waals surface area contributed by atoms with Crippen molar-refractivity contribution in [3.8, 4) is 0 Å². The molecule has 0 bridgehead atoms. The predicted octanol–water partition coefficient (Wildman–Crippen LogP) is 5.12. The maximum Gasteiger partial charge on any atom is 0.306 e. The Morgan fingerprint density at radius 2 is 1.97 bits per heavy atom. The minimum absolute atomic E-state index is 0.174. The number of benzene rings is 2. The number of likely N-dealkylation sites (tertiary alicyclic amines) is 1. The van der Waals surface area contributed by atoms with Crippen molar-refractivity contribution in [2.75, 3.05) is 49.6 Å². The predicted molar refractivity (Wildman–Crippen MR) is 134 cm³/mol. The van der Waals surface area contributed by atoms with Gasteiger partial charge in [0.05, 0.1) is 11.4 Å². The van der Waals surface area contributed by atoms with Crippen molar-refractivity contribution in [2.24, 2.45) is 0 Å². The molecule has 0 radical (unpaired) electrons. The number of likely N-dealkylation sites (N-methyl/N-ethyl adjacent to an activating group) is 1. The van der Waals surface area contributed by atoms with Gasteiger partial charge in [0.2, 0.25) is 0 Å². The Morgan fingerprint density at radius 1 is 1.15 bits per heavy atom. The highest BCUT2D eigenvalue weighted by atomic mass is 19.1. The molecular formula is C28H36FN3O2. The van der Waals surface area contributed by atoms with Crippen LogP contribution in [0.5, 0.6) is 0 Å². The first-order chi connectivity index (χ1) is 16.5. The Balaban J connectivity index is 1.22. The van der Waals surface area contributed by atoms with Crippen LogP contribution in [0.3, 0.4) is 0 Å². The number of fused-ring (bicyclic) bond motifs is 3. The molecule has 0 aromatic heterocycles. The van der Waals surface area contributed by atoms with Crippen molar-refractivity contribution in [1.29, 1.82) is 0 Å². The first kappa shape index (κ1) is 23.2. The molecule has 3 heterocycles. The second kappa shape index (κ2) is 9.95. The van der Waals surface area contributed by atoms with Crippen molar-refractivity contribution in [1.82, 2.24) is 4.90 Å². The summed E-state index contributed by atoms with van der Waals surface area (Å²) in [6.07, 6.45) is 3.75. The van der Waals surface area contributed by atoms with E-state index in [0.717, 1.165) is 57.5 Å². The summed E-state index contributed by atoms with van der Waals surface area (Å²) in [5.41, 5.74) is 5.23. The molecule has 1 saturated heterocycles. The molecule has 3 atom stereocenters. The fraction of sp³-hybridized carbons (Fsp3) is 0.536. The largest absolute Gasteiger partial charge is 0.457 e. The van der Waals surface area contributed by atoms with E-state index in [1.54, 1.807) is 12.1 Å². The lowest BCUT2D eigenvalue weighted by Gasteiger charge is -2.41. The summed E-state index contributed by atoms with van der Waals surface area (Å²) in [5.74, 6) is 0.117. The lowest BCUT2D eigenvalue weighted by Crippen LogP contribution is -2.49. The Kier molecular flexibility index (Phi) is 6.77. The van der Waals surface area contributed by atoms with Crippen molar-refractivity contribution < 1.29 is 13.9 Å². The van der Waals surface area contributed by atoms with E-state index >= 15 is 0 Å². The normalized spacial score (nSPS) is 22.3. The Bertz CT molecular complexity index is 1010. The molecule has 0 aliphatic carbocycles. The lowest BCUT2D eigenvalue weighted by molar-refractivity contribution is -0.150. The Hall–Kier alpha value is -2.60. The molecule has 182 valence electrons. The van der Waals surface area contributed by atoms with Gasteiger partial charge in [-0.1, -0.05) is 31.2 Å². The summed E-state index contributed by atoms with van der Waals surface area (Å²) >= 11 is 0. The average molecular weight is 466 g/mol. The van der Waals surface area contributed by atoms with Gasteiger partial charge in [-0.25, -0.2) is 4.39 Å². The molecule has 0 spiro atoms. The number of ether oxygens (including phenoxy) is 1. The van der Waals surface area contributed by atoms with Crippen LogP contribution in [0.2, 0.25) is 0 Å². The number of hydrogen-bond acceptors (Lipinski definition) is 5. The van der Waals surface area contributed by atoms with Gasteiger partial charge < -0.3 is 19.4 Å². The molecule has 6 heteroatoms. The molecule has 0 saturated carbocycles. The molecule has 5 rings (SSSR count). The van der Waals surface area contributed by atoms with Crippen LogP contribution in [-0.2, 0) is 9.53 Å². The zero-order chi connectivity index (χ0) is 23.7. The topological polar surface area (TPSA) is 36.0 Å². The van der Waals surface area contributed by atoms with E-state index in [4.69, 9.17) is 4.74 Å². The highest BCUT2D eigenvalue weighted by molar-refractivity contribution is 5.80. The van der Waals surface area contributed by atoms with Crippen LogP contribution in [0.4, 0.5) is 15.8 Å². The minimum Gasteiger partial charge on any atom is -0.457 e. The molecule has 3 unspecified atom stereocenters. The van der Waals surface area contributed by atoms with Gasteiger partial charge in [-0.2, -0.15) is 0 Å². The maximum atomic E-state index is 13.4. The number of rotatable bonds is 8. The lowest BCUT2D eigenvalue weighted by atomic mass is 9.89. The molecule has 3 aliphatic heterocycles. The maximum absolute atomic E-state index is 13.4. The van der Waals surface area contributed by atoms with Gasteiger partial charge in [-0.3, -0.25) is 4.79 Å². The summed E-state index contributed by atoms with van der Waals surface area (Å²) < 4.78 is 19.2. The fourth-order valence-electron chi connectivity index (χ4n) is 6.07. The number of anilines is 2. The molecule has 0 N–H and O–H groups in total. The monoisotopic (exact) mass is 465 g/mol. The third kappa shape index (κ3) is 4.52. The van der Waals surface area contributed by atoms with Gasteiger partial charge >= 0.3 is 5.97 Å². The molecule has 2 aromatic carbocycles. The molecule has 2 aromatic rings. The van der Waals surface area contributed by atoms with Crippen molar-refractivity contribution in [2.45, 2.75) is 57.1 Å². The first-order valence-corrected chi connectivity index (χ1v) is 12.8. The van der Waals surface area contributed by atoms with Crippen LogP contribution in [0.15, 0.2) is 42.5 Å². The van der Waals surface area contributed by atoms with Gasteiger partial charge in [0.25, 0.3) is 0 Å². The van der Waals surface area contributed by atoms with Crippen LogP contribution in [0, 0.1) is 5.82 Å². The standard InChI is InChI=1S/C28H36FN3O2/c1-3-6-27(33)34-26(20-10-12-21(29)13-11-20)9-5-15-31-16-14-24-23(19-31)22-7-4-8-25-28(22)32(24)18-17-30(25)2/h4,7-8,10-13,23-24,26H,3,5-6,9,14-19H2,1-2H3. The zero-order valence-corrected chi connectivity index (χ0v) is 20.4. The number of para-hydroxylation sites is 1. The van der Waals surface area contributed by atoms with E-state index in [1.165, 1.54) is 35.5 Å². The van der Waals surface area contributed by atoms with Gasteiger partial charge in [-0.15, -0.1) is 0 Å². The van der Waals surface area contributed by atoms with Crippen LogP contribution >= 0.6 is 0 Å². The van der Waals surface area contributed by atoms with Crippen LogP contribution in [-0.4, -0.2) is 56.7 Å². The van der Waals surface area contributed by atoms with Crippen molar-refractivity contribution in [3.63, 3.8) is 0 Å². The van der Waals surface area contributed by atoms with Crippen LogP contribution in [0.25, 0.3) is 0 Å². The van der Waals surface area contributed by atoms with Crippen LogP contribution < -0.4 is 9.80 Å². The second-order valence-electron chi connectivity index (χ2n) is 10.0. The highest BCUT2D eigenvalue weighted by Gasteiger charge is 2.44. The third-order valence-electron chi connectivity index (χ3n) is 7.79. The fourth-order valence-corrected chi connectivity index (χ4v) is 6.07. The van der Waals surface area contributed by atoms with Gasteiger partial charge in [0.15, 0.2) is 0 Å². The number of carbonyl (C=O) groups excluding carboxylic acids is 1. The van der Waals surface area contributed by atoms with E-state index in [1.807, 2.05) is 6.92 Å². The zero-order valence-electron chi connectivity index (χ0n) is 20.4. The van der Waals surface area contributed by atoms with Crippen molar-refractivity contribution >= 4 is 17.3 Å². The summed E-state index contributed by atoms with van der Waals surface area (Å²) in [6, 6.07) is 13.8. The van der Waals surface area contributed by atoms with Gasteiger partial charge in [-0.05, 0) is 61.6 Å². The Labute approximate surface area is 202 Å². The van der Waals surface area contributed by atoms with E-state index in [9.17, 15) is 9.18 Å². The van der Waals surface area contributed by atoms with Crippen molar-refractivity contribution in [3.05, 3.63) is 59.4 Å². The molecular weight excluding hydrogens is 429 g/mol. The van der Waals surface area contributed by atoms with E-state index in [-0.39, 0.29) is 17.9 Å². The first-order valence-electron chi connectivity index (χ1n) is 12.8. The summed E-state index contributed by atoms with van der Waals surface area (Å²) in [6.45, 7) is 7.35. The second-order valence-corrected chi connectivity index (χ2v) is 10.0. The van der Waals surface area contributed by atoms with Crippen LogP contribution in [0.1, 0.15) is 62.2 Å². The number of halogens is 1. The summed E-state index contributed by atoms with van der Waals surface area (Å²) in [4.78, 5) is 19.8. The molecule has 0 amide bonds. The molecule has 3 aliphatic rings. The highest BCUT2D eigenvalue weighted by Crippen LogP contribution is 2.50. The minimum atomic E-state index is -0.313. The van der Waals surface area contributed by atoms with E-state index in [2.05, 4.69) is 39.9 Å². The molecule has 5 nitrogen and oxygen atoms in total. The van der Waals surface area contributed by atoms with Gasteiger partial charge in [0, 0.05) is 51.6 Å². The van der Waals surface area contributed by atoms with E-state index in [0.29, 0.717) is 18.4 Å². The number of carbonyl (C=O) groups is 1. The number of nitrogens with zero attached hydrogens (tertiary/aromatic N) is 3. The number of hydrogen-bond donors (Lipinski definition) is 0. The van der Waals surface area contributed by atoms with E-state index < -0.39 is 0 Å². The third-order valence-corrected chi connectivity index (χ3v) is 7.79. The average Bonchev–Trinajstić information content (AvgIpc) is 3.16. The smallest absolute Gasteiger partial charge is 0.306 e. The molecule has 34 heavy (non-hydrogen) atoms. The quantitative estimate of drug-likeness (QED) is 0.506. The molecule has 1 fully saturated rings. The SMILES string of the molecule is CCCC(=O)OC(CCCN1CCC2C(C1)c1cccc3c1N2CCN3C)c1ccc(F)cc1. The Morgan fingerprint density at radius 3 is 2.76 bits per heavy atom. The summed E-state index contributed by atoms with van der Waals surface area (Å²) in [7, 11) is 2.20. The summed E-state index contributed by atoms with van der Waals surface area (Å²) in [5, 5.41) is 0. The number of piperidine rings is 1.